The maximum atomic E-state index is 11.9. The lowest BCUT2D eigenvalue weighted by atomic mass is 10.2. The average Bonchev–Trinajstić information content (AvgIpc) is 2.70. The molecule has 0 saturated heterocycles. The number of amides is 1. The van der Waals surface area contributed by atoms with Crippen molar-refractivity contribution in [2.75, 3.05) is 22.1 Å². The number of aryl methyl sites for hydroxylation is 1. The van der Waals surface area contributed by atoms with E-state index in [1.807, 2.05) is 38.1 Å². The zero-order valence-electron chi connectivity index (χ0n) is 16.9. The van der Waals surface area contributed by atoms with E-state index >= 15 is 0 Å². The summed E-state index contributed by atoms with van der Waals surface area (Å²) >= 11 is 0. The standard InChI is InChI=1S/C21H22N6O3/c1-4-26(18-7-5-6-14(2)12-18)21-19(27(29)30)20(22-13-23-21)25-17-10-8-16(9-11-17)24-15(3)28/h5-13H,4H2,1-3H3,(H,24,28)(H,22,23,25). The van der Waals surface area contributed by atoms with Gasteiger partial charge in [-0.3, -0.25) is 14.9 Å². The fourth-order valence-electron chi connectivity index (χ4n) is 3.05. The van der Waals surface area contributed by atoms with Gasteiger partial charge in [0.05, 0.1) is 4.92 Å². The highest BCUT2D eigenvalue weighted by Crippen LogP contribution is 2.37. The number of benzene rings is 2. The Bertz CT molecular complexity index is 1070. The highest BCUT2D eigenvalue weighted by molar-refractivity contribution is 5.89. The van der Waals surface area contributed by atoms with Gasteiger partial charge in [0.15, 0.2) is 0 Å². The summed E-state index contributed by atoms with van der Waals surface area (Å²) in [5, 5.41) is 17.6. The van der Waals surface area contributed by atoms with Crippen LogP contribution in [0, 0.1) is 17.0 Å². The minimum atomic E-state index is -0.484. The molecule has 1 aromatic heterocycles. The molecule has 3 rings (SSSR count). The summed E-state index contributed by atoms with van der Waals surface area (Å²) in [6.45, 7) is 5.78. The third kappa shape index (κ3) is 4.69. The molecule has 0 fully saturated rings. The molecule has 0 unspecified atom stereocenters. The van der Waals surface area contributed by atoms with Crippen molar-refractivity contribution >= 4 is 40.3 Å². The highest BCUT2D eigenvalue weighted by Gasteiger charge is 2.27. The smallest absolute Gasteiger partial charge is 0.334 e. The van der Waals surface area contributed by atoms with Crippen molar-refractivity contribution in [3.05, 3.63) is 70.5 Å². The Morgan fingerprint density at radius 1 is 1.13 bits per heavy atom. The fraction of sp³-hybridized carbons (Fsp3) is 0.190. The van der Waals surface area contributed by atoms with Gasteiger partial charge in [0.1, 0.15) is 6.33 Å². The van der Waals surface area contributed by atoms with Crippen LogP contribution in [-0.2, 0) is 4.79 Å². The maximum Gasteiger partial charge on any atom is 0.354 e. The van der Waals surface area contributed by atoms with Crippen LogP contribution in [0.25, 0.3) is 0 Å². The number of aromatic nitrogens is 2. The first-order chi connectivity index (χ1) is 14.4. The van der Waals surface area contributed by atoms with E-state index in [4.69, 9.17) is 0 Å². The van der Waals surface area contributed by atoms with Gasteiger partial charge in [0.2, 0.25) is 17.5 Å². The van der Waals surface area contributed by atoms with Crippen LogP contribution in [-0.4, -0.2) is 27.3 Å². The summed E-state index contributed by atoms with van der Waals surface area (Å²) in [4.78, 5) is 32.7. The summed E-state index contributed by atoms with van der Waals surface area (Å²) < 4.78 is 0. The molecule has 0 spiro atoms. The molecule has 9 heteroatoms. The summed E-state index contributed by atoms with van der Waals surface area (Å²) in [6.07, 6.45) is 1.30. The van der Waals surface area contributed by atoms with Crippen LogP contribution < -0.4 is 15.5 Å². The highest BCUT2D eigenvalue weighted by atomic mass is 16.6. The van der Waals surface area contributed by atoms with Gasteiger partial charge in [-0.2, -0.15) is 0 Å². The molecule has 2 aromatic carbocycles. The first kappa shape index (κ1) is 20.7. The molecule has 3 aromatic rings. The number of hydrogen-bond acceptors (Lipinski definition) is 7. The topological polar surface area (TPSA) is 113 Å². The van der Waals surface area contributed by atoms with Crippen LogP contribution in [0.4, 0.5) is 34.4 Å². The number of carbonyl (C=O) groups excluding carboxylic acids is 1. The zero-order valence-corrected chi connectivity index (χ0v) is 16.9. The lowest BCUT2D eigenvalue weighted by Gasteiger charge is -2.22. The van der Waals surface area contributed by atoms with E-state index in [9.17, 15) is 14.9 Å². The molecule has 1 amide bonds. The number of hydrogen-bond donors (Lipinski definition) is 2. The van der Waals surface area contributed by atoms with Crippen LogP contribution in [0.2, 0.25) is 0 Å². The number of anilines is 5. The van der Waals surface area contributed by atoms with E-state index in [0.717, 1.165) is 11.3 Å². The van der Waals surface area contributed by atoms with E-state index in [-0.39, 0.29) is 23.2 Å². The van der Waals surface area contributed by atoms with Crippen LogP contribution >= 0.6 is 0 Å². The van der Waals surface area contributed by atoms with Gasteiger partial charge < -0.3 is 15.5 Å². The Hall–Kier alpha value is -4.01. The molecule has 30 heavy (non-hydrogen) atoms. The second-order valence-corrected chi connectivity index (χ2v) is 6.62. The molecule has 9 nitrogen and oxygen atoms in total. The third-order valence-corrected chi connectivity index (χ3v) is 4.34. The van der Waals surface area contributed by atoms with Crippen molar-refractivity contribution in [2.24, 2.45) is 0 Å². The molecule has 0 aliphatic rings. The summed E-state index contributed by atoms with van der Waals surface area (Å²) in [5.41, 5.74) is 2.86. The second-order valence-electron chi connectivity index (χ2n) is 6.62. The molecular weight excluding hydrogens is 384 g/mol. The van der Waals surface area contributed by atoms with E-state index < -0.39 is 4.92 Å². The van der Waals surface area contributed by atoms with Crippen molar-refractivity contribution in [2.45, 2.75) is 20.8 Å². The molecule has 0 radical (unpaired) electrons. The molecular formula is C21H22N6O3. The minimum absolute atomic E-state index is 0.0865. The van der Waals surface area contributed by atoms with Crippen LogP contribution in [0.15, 0.2) is 54.9 Å². The summed E-state index contributed by atoms with van der Waals surface area (Å²) in [7, 11) is 0. The van der Waals surface area contributed by atoms with Crippen molar-refractivity contribution in [1.29, 1.82) is 0 Å². The lowest BCUT2D eigenvalue weighted by Crippen LogP contribution is -2.20. The Morgan fingerprint density at radius 2 is 1.83 bits per heavy atom. The number of nitrogens with zero attached hydrogens (tertiary/aromatic N) is 4. The minimum Gasteiger partial charge on any atom is -0.334 e. The molecule has 1 heterocycles. The van der Waals surface area contributed by atoms with Crippen molar-refractivity contribution in [3.8, 4) is 0 Å². The third-order valence-electron chi connectivity index (χ3n) is 4.34. The lowest BCUT2D eigenvalue weighted by molar-refractivity contribution is -0.383. The van der Waals surface area contributed by atoms with Gasteiger partial charge in [0, 0.05) is 30.5 Å². The predicted molar refractivity (Wildman–Crippen MR) is 117 cm³/mol. The monoisotopic (exact) mass is 406 g/mol. The quantitative estimate of drug-likeness (QED) is 0.437. The van der Waals surface area contributed by atoms with E-state index in [2.05, 4.69) is 20.6 Å². The van der Waals surface area contributed by atoms with E-state index in [1.54, 1.807) is 29.2 Å². The number of nitrogens with one attached hydrogen (secondary N) is 2. The van der Waals surface area contributed by atoms with Gasteiger partial charge in [0.25, 0.3) is 0 Å². The van der Waals surface area contributed by atoms with Crippen molar-refractivity contribution < 1.29 is 9.72 Å². The van der Waals surface area contributed by atoms with E-state index in [1.165, 1.54) is 13.3 Å². The Balaban J connectivity index is 1.98. The SMILES string of the molecule is CCN(c1cccc(C)c1)c1ncnc(Nc2ccc(NC(C)=O)cc2)c1[N+](=O)[O-]. The number of nitro groups is 1. The predicted octanol–water partition coefficient (Wildman–Crippen LogP) is 4.55. The molecule has 0 aliphatic heterocycles. The Labute approximate surface area is 173 Å². The molecule has 0 atom stereocenters. The zero-order chi connectivity index (χ0) is 21.7. The summed E-state index contributed by atoms with van der Waals surface area (Å²) in [6, 6.07) is 14.5. The molecule has 0 bridgehead atoms. The van der Waals surface area contributed by atoms with Gasteiger partial charge in [-0.05, 0) is 55.8 Å². The van der Waals surface area contributed by atoms with Gasteiger partial charge in [-0.25, -0.2) is 9.97 Å². The van der Waals surface area contributed by atoms with E-state index in [0.29, 0.717) is 17.9 Å². The molecule has 0 aliphatic carbocycles. The van der Waals surface area contributed by atoms with Crippen molar-refractivity contribution in [1.82, 2.24) is 9.97 Å². The van der Waals surface area contributed by atoms with Gasteiger partial charge >= 0.3 is 5.69 Å². The fourth-order valence-corrected chi connectivity index (χ4v) is 3.05. The largest absolute Gasteiger partial charge is 0.354 e. The van der Waals surface area contributed by atoms with Crippen molar-refractivity contribution in [3.63, 3.8) is 0 Å². The first-order valence-electron chi connectivity index (χ1n) is 9.37. The molecule has 2 N–H and O–H groups in total. The maximum absolute atomic E-state index is 11.9. The molecule has 0 saturated carbocycles. The van der Waals surface area contributed by atoms with Crippen LogP contribution in [0.3, 0.4) is 0 Å². The average molecular weight is 406 g/mol. The number of rotatable bonds is 7. The van der Waals surface area contributed by atoms with Gasteiger partial charge in [-0.1, -0.05) is 12.1 Å². The Kier molecular flexibility index (Phi) is 6.21. The van der Waals surface area contributed by atoms with Crippen LogP contribution in [0.1, 0.15) is 19.4 Å². The van der Waals surface area contributed by atoms with Crippen LogP contribution in [0.5, 0.6) is 0 Å². The normalized spacial score (nSPS) is 10.4. The Morgan fingerprint density at radius 3 is 2.43 bits per heavy atom. The number of carbonyl (C=O) groups is 1. The molecule has 154 valence electrons. The summed E-state index contributed by atoms with van der Waals surface area (Å²) in [5.74, 6) is 0.117. The van der Waals surface area contributed by atoms with Gasteiger partial charge in [-0.15, -0.1) is 0 Å². The second kappa shape index (κ2) is 8.99. The first-order valence-corrected chi connectivity index (χ1v) is 9.37.